The first kappa shape index (κ1) is 16.7. The normalized spacial score (nSPS) is 10.2. The Bertz CT molecular complexity index is 659. The molecule has 0 heterocycles. The Morgan fingerprint density at radius 2 is 1.86 bits per heavy atom. The van der Waals surface area contributed by atoms with E-state index in [4.69, 9.17) is 12.2 Å². The van der Waals surface area contributed by atoms with Crippen LogP contribution < -0.4 is 15.5 Å². The minimum atomic E-state index is -0.294. The highest BCUT2D eigenvalue weighted by molar-refractivity contribution is 9.10. The molecule has 6 heteroatoms. The molecule has 0 saturated heterocycles. The van der Waals surface area contributed by atoms with E-state index in [2.05, 4.69) is 55.7 Å². The maximum absolute atomic E-state index is 13.0. The van der Waals surface area contributed by atoms with Crippen LogP contribution in [0.15, 0.2) is 46.9 Å². The standard InChI is InChI=1S/C16H17BrFN3S/c1-21(2)13-6-3-11(4-7-13)10-19-16(22)20-15-8-5-12(18)9-14(15)17/h3-9H,10H2,1-2H3,(H2,19,20,22). The fourth-order valence-corrected chi connectivity index (χ4v) is 2.48. The van der Waals surface area contributed by atoms with Crippen LogP contribution in [0, 0.1) is 5.82 Å². The summed E-state index contributed by atoms with van der Waals surface area (Å²) in [6.45, 7) is 0.623. The smallest absolute Gasteiger partial charge is 0.171 e. The molecule has 0 aliphatic heterocycles. The Morgan fingerprint density at radius 3 is 2.45 bits per heavy atom. The van der Waals surface area contributed by atoms with Crippen molar-refractivity contribution in [3.05, 3.63) is 58.3 Å². The van der Waals surface area contributed by atoms with Gasteiger partial charge in [0.15, 0.2) is 5.11 Å². The first-order valence-electron chi connectivity index (χ1n) is 6.72. The van der Waals surface area contributed by atoms with Gasteiger partial charge in [0, 0.05) is 30.8 Å². The summed E-state index contributed by atoms with van der Waals surface area (Å²) in [7, 11) is 4.01. The molecule has 0 aliphatic carbocycles. The van der Waals surface area contributed by atoms with E-state index in [-0.39, 0.29) is 5.82 Å². The van der Waals surface area contributed by atoms with Gasteiger partial charge in [-0.1, -0.05) is 12.1 Å². The van der Waals surface area contributed by atoms with Crippen LogP contribution in [0.5, 0.6) is 0 Å². The minimum Gasteiger partial charge on any atom is -0.378 e. The van der Waals surface area contributed by atoms with E-state index in [0.29, 0.717) is 16.1 Å². The average molecular weight is 382 g/mol. The van der Waals surface area contributed by atoms with Crippen LogP contribution in [0.4, 0.5) is 15.8 Å². The maximum Gasteiger partial charge on any atom is 0.171 e. The highest BCUT2D eigenvalue weighted by atomic mass is 79.9. The molecule has 2 aromatic rings. The SMILES string of the molecule is CN(C)c1ccc(CNC(=S)Nc2ccc(F)cc2Br)cc1. The third kappa shape index (κ3) is 4.68. The Balaban J connectivity index is 1.89. The zero-order chi connectivity index (χ0) is 16.1. The molecule has 0 aromatic heterocycles. The van der Waals surface area contributed by atoms with Crippen molar-refractivity contribution in [2.24, 2.45) is 0 Å². The molecule has 2 rings (SSSR count). The fraction of sp³-hybridized carbons (Fsp3) is 0.188. The quantitative estimate of drug-likeness (QED) is 0.778. The Kier molecular flexibility index (Phi) is 5.74. The number of rotatable bonds is 4. The van der Waals surface area contributed by atoms with E-state index >= 15 is 0 Å². The van der Waals surface area contributed by atoms with E-state index in [1.807, 2.05) is 14.1 Å². The lowest BCUT2D eigenvalue weighted by Crippen LogP contribution is -2.28. The number of hydrogen-bond acceptors (Lipinski definition) is 2. The van der Waals surface area contributed by atoms with Crippen molar-refractivity contribution in [3.8, 4) is 0 Å². The van der Waals surface area contributed by atoms with Gasteiger partial charge >= 0.3 is 0 Å². The monoisotopic (exact) mass is 381 g/mol. The van der Waals surface area contributed by atoms with Crippen molar-refractivity contribution < 1.29 is 4.39 Å². The molecule has 0 saturated carbocycles. The summed E-state index contributed by atoms with van der Waals surface area (Å²) in [4.78, 5) is 2.05. The van der Waals surface area contributed by atoms with E-state index in [1.165, 1.54) is 12.1 Å². The second kappa shape index (κ2) is 7.56. The minimum absolute atomic E-state index is 0.294. The van der Waals surface area contributed by atoms with Crippen molar-refractivity contribution in [2.45, 2.75) is 6.54 Å². The van der Waals surface area contributed by atoms with Gasteiger partial charge < -0.3 is 15.5 Å². The van der Waals surface area contributed by atoms with Crippen LogP contribution in [0.25, 0.3) is 0 Å². The molecule has 22 heavy (non-hydrogen) atoms. The Morgan fingerprint density at radius 1 is 1.18 bits per heavy atom. The van der Waals surface area contributed by atoms with Gasteiger partial charge in [0.05, 0.1) is 5.69 Å². The summed E-state index contributed by atoms with van der Waals surface area (Å²) in [6.07, 6.45) is 0. The molecule has 2 aromatic carbocycles. The number of halogens is 2. The lowest BCUT2D eigenvalue weighted by Gasteiger charge is -2.14. The van der Waals surface area contributed by atoms with Crippen molar-refractivity contribution in [3.63, 3.8) is 0 Å². The molecule has 0 spiro atoms. The predicted molar refractivity (Wildman–Crippen MR) is 97.9 cm³/mol. The van der Waals surface area contributed by atoms with Crippen molar-refractivity contribution >= 4 is 44.6 Å². The molecule has 0 bridgehead atoms. The van der Waals surface area contributed by atoms with Crippen molar-refractivity contribution in [2.75, 3.05) is 24.3 Å². The molecular weight excluding hydrogens is 365 g/mol. The summed E-state index contributed by atoms with van der Waals surface area (Å²) >= 11 is 8.55. The lowest BCUT2D eigenvalue weighted by molar-refractivity contribution is 0.627. The summed E-state index contributed by atoms with van der Waals surface area (Å²) in [5.41, 5.74) is 3.01. The third-order valence-electron chi connectivity index (χ3n) is 3.09. The van der Waals surface area contributed by atoms with Gasteiger partial charge in [-0.3, -0.25) is 0 Å². The van der Waals surface area contributed by atoms with E-state index in [0.717, 1.165) is 16.9 Å². The highest BCUT2D eigenvalue weighted by Crippen LogP contribution is 2.22. The van der Waals surface area contributed by atoms with Crippen LogP contribution in [0.3, 0.4) is 0 Å². The van der Waals surface area contributed by atoms with Gasteiger partial charge in [0.25, 0.3) is 0 Å². The molecule has 0 atom stereocenters. The summed E-state index contributed by atoms with van der Waals surface area (Å²) in [6, 6.07) is 12.6. The van der Waals surface area contributed by atoms with Crippen LogP contribution in [-0.4, -0.2) is 19.2 Å². The van der Waals surface area contributed by atoms with Gasteiger partial charge in [-0.15, -0.1) is 0 Å². The van der Waals surface area contributed by atoms with Gasteiger partial charge in [0.2, 0.25) is 0 Å². The van der Waals surface area contributed by atoms with Crippen LogP contribution in [-0.2, 0) is 6.54 Å². The van der Waals surface area contributed by atoms with E-state index in [1.54, 1.807) is 6.07 Å². The second-order valence-electron chi connectivity index (χ2n) is 4.99. The zero-order valence-electron chi connectivity index (χ0n) is 12.4. The van der Waals surface area contributed by atoms with Crippen molar-refractivity contribution in [1.29, 1.82) is 0 Å². The predicted octanol–water partition coefficient (Wildman–Crippen LogP) is 4.14. The summed E-state index contributed by atoms with van der Waals surface area (Å²) in [5, 5.41) is 6.66. The number of hydrogen-bond donors (Lipinski definition) is 2. The molecule has 0 fully saturated rings. The number of thiocarbonyl (C=S) groups is 1. The highest BCUT2D eigenvalue weighted by Gasteiger charge is 2.04. The molecule has 3 nitrogen and oxygen atoms in total. The van der Waals surface area contributed by atoms with Gasteiger partial charge in [-0.25, -0.2) is 4.39 Å². The lowest BCUT2D eigenvalue weighted by atomic mass is 10.2. The average Bonchev–Trinajstić information content (AvgIpc) is 2.48. The molecule has 2 N–H and O–H groups in total. The van der Waals surface area contributed by atoms with E-state index < -0.39 is 0 Å². The number of anilines is 2. The second-order valence-corrected chi connectivity index (χ2v) is 6.26. The molecule has 116 valence electrons. The van der Waals surface area contributed by atoms with Gasteiger partial charge in [-0.05, 0) is 64.0 Å². The summed E-state index contributed by atoms with van der Waals surface area (Å²) < 4.78 is 13.7. The van der Waals surface area contributed by atoms with Gasteiger partial charge in [-0.2, -0.15) is 0 Å². The Hall–Kier alpha value is -1.66. The van der Waals surface area contributed by atoms with Crippen LogP contribution in [0.2, 0.25) is 0 Å². The maximum atomic E-state index is 13.0. The first-order valence-corrected chi connectivity index (χ1v) is 7.92. The number of benzene rings is 2. The zero-order valence-corrected chi connectivity index (χ0v) is 14.8. The van der Waals surface area contributed by atoms with E-state index in [9.17, 15) is 4.39 Å². The summed E-state index contributed by atoms with van der Waals surface area (Å²) in [5.74, 6) is -0.294. The number of nitrogens with one attached hydrogen (secondary N) is 2. The first-order chi connectivity index (χ1) is 10.5. The van der Waals surface area contributed by atoms with Crippen LogP contribution in [0.1, 0.15) is 5.56 Å². The third-order valence-corrected chi connectivity index (χ3v) is 3.99. The topological polar surface area (TPSA) is 27.3 Å². The number of nitrogens with zero attached hydrogens (tertiary/aromatic N) is 1. The molecule has 0 aliphatic rings. The molecule has 0 radical (unpaired) electrons. The Labute approximate surface area is 143 Å². The van der Waals surface area contributed by atoms with Crippen LogP contribution >= 0.6 is 28.1 Å². The molecule has 0 amide bonds. The fourth-order valence-electron chi connectivity index (χ4n) is 1.85. The molecular formula is C16H17BrFN3S. The molecule has 0 unspecified atom stereocenters. The van der Waals surface area contributed by atoms with Crippen molar-refractivity contribution in [1.82, 2.24) is 5.32 Å². The van der Waals surface area contributed by atoms with Gasteiger partial charge in [0.1, 0.15) is 5.82 Å². The largest absolute Gasteiger partial charge is 0.378 e.